The molecule has 0 bridgehead atoms. The monoisotopic (exact) mass is 286 g/mol. The van der Waals surface area contributed by atoms with Crippen LogP contribution in [0.3, 0.4) is 0 Å². The first-order chi connectivity index (χ1) is 9.27. The largest absolute Gasteiger partial charge is 0.506 e. The lowest BCUT2D eigenvalue weighted by molar-refractivity contribution is -0.137. The number of hydrogen-bond acceptors (Lipinski definition) is 3. The van der Waals surface area contributed by atoms with Crippen molar-refractivity contribution in [3.8, 4) is 5.75 Å². The van der Waals surface area contributed by atoms with Crippen molar-refractivity contribution < 1.29 is 23.1 Å². The number of rotatable bonds is 2. The molecule has 20 heavy (non-hydrogen) atoms. The molecule has 0 radical (unpaired) electrons. The van der Waals surface area contributed by atoms with Gasteiger partial charge in [-0.25, -0.2) is 0 Å². The average molecular weight is 286 g/mol. The highest BCUT2D eigenvalue weighted by Crippen LogP contribution is 2.34. The van der Waals surface area contributed by atoms with Crippen LogP contribution in [0.4, 0.5) is 18.9 Å². The number of nitrogens with two attached hydrogens (primary N) is 1. The predicted octanol–water partition coefficient (Wildman–Crippen LogP) is 2.25. The van der Waals surface area contributed by atoms with Gasteiger partial charge in [0.05, 0.1) is 17.2 Å². The number of carbonyl (C=O) groups excluding carboxylic acids is 1. The molecule has 4 N–H and O–H groups in total. The lowest BCUT2D eigenvalue weighted by atomic mass is 10.1. The number of phenolic OH excluding ortho intramolecular Hbond substituents is 1. The van der Waals surface area contributed by atoms with Crippen LogP contribution in [0.15, 0.2) is 30.4 Å². The molecule has 4 nitrogen and oxygen atoms in total. The van der Waals surface area contributed by atoms with Gasteiger partial charge in [0.1, 0.15) is 5.75 Å². The van der Waals surface area contributed by atoms with Gasteiger partial charge in [-0.15, -0.1) is 0 Å². The van der Waals surface area contributed by atoms with E-state index in [-0.39, 0.29) is 11.7 Å². The van der Waals surface area contributed by atoms with Gasteiger partial charge in [-0.3, -0.25) is 4.79 Å². The van der Waals surface area contributed by atoms with Crippen molar-refractivity contribution in [2.75, 3.05) is 5.32 Å². The summed E-state index contributed by atoms with van der Waals surface area (Å²) in [7, 11) is 0. The normalized spacial score (nSPS) is 22.0. The van der Waals surface area contributed by atoms with Crippen LogP contribution in [0.1, 0.15) is 12.0 Å². The number of aromatic hydroxyl groups is 1. The first-order valence-corrected chi connectivity index (χ1v) is 5.92. The molecule has 2 rings (SSSR count). The summed E-state index contributed by atoms with van der Waals surface area (Å²) in [6, 6.07) is 2.11. The Labute approximate surface area is 113 Å². The Kier molecular flexibility index (Phi) is 3.71. The Bertz CT molecular complexity index is 555. The zero-order chi connectivity index (χ0) is 14.9. The third kappa shape index (κ3) is 3.11. The second-order valence-corrected chi connectivity index (χ2v) is 4.61. The van der Waals surface area contributed by atoms with E-state index < -0.39 is 29.3 Å². The number of anilines is 1. The number of amides is 1. The van der Waals surface area contributed by atoms with Crippen molar-refractivity contribution in [3.63, 3.8) is 0 Å². The van der Waals surface area contributed by atoms with Gasteiger partial charge >= 0.3 is 6.18 Å². The highest BCUT2D eigenvalue weighted by molar-refractivity contribution is 5.95. The zero-order valence-electron chi connectivity index (χ0n) is 10.3. The molecule has 1 aliphatic rings. The molecular formula is C13H13F3N2O2. The topological polar surface area (TPSA) is 75.4 Å². The van der Waals surface area contributed by atoms with Gasteiger partial charge in [-0.1, -0.05) is 12.2 Å². The Balaban J connectivity index is 2.17. The van der Waals surface area contributed by atoms with Gasteiger partial charge in [-0.05, 0) is 24.6 Å². The number of nitrogens with one attached hydrogen (secondary N) is 1. The highest BCUT2D eigenvalue weighted by atomic mass is 19.4. The zero-order valence-corrected chi connectivity index (χ0v) is 10.3. The molecule has 2 unspecified atom stereocenters. The molecule has 2 atom stereocenters. The third-order valence-electron chi connectivity index (χ3n) is 3.04. The Hall–Kier alpha value is -2.02. The first kappa shape index (κ1) is 14.4. The fourth-order valence-electron chi connectivity index (χ4n) is 1.96. The fraction of sp³-hybridized carbons (Fsp3) is 0.308. The van der Waals surface area contributed by atoms with Crippen LogP contribution in [0.25, 0.3) is 0 Å². The summed E-state index contributed by atoms with van der Waals surface area (Å²) >= 11 is 0. The van der Waals surface area contributed by atoms with Crippen LogP contribution < -0.4 is 11.1 Å². The molecule has 1 aliphatic carbocycles. The van der Waals surface area contributed by atoms with Crippen molar-refractivity contribution in [1.82, 2.24) is 0 Å². The second-order valence-electron chi connectivity index (χ2n) is 4.61. The molecule has 108 valence electrons. The van der Waals surface area contributed by atoms with Crippen molar-refractivity contribution in [3.05, 3.63) is 35.9 Å². The molecule has 7 heteroatoms. The summed E-state index contributed by atoms with van der Waals surface area (Å²) in [6.07, 6.45) is -0.880. The molecule has 1 amide bonds. The minimum absolute atomic E-state index is 0.235. The maximum Gasteiger partial charge on any atom is 0.416 e. The SMILES string of the molecule is NC1C=CC(C(=O)Nc2cc(C(F)(F)F)ccc2O)C1. The lowest BCUT2D eigenvalue weighted by Gasteiger charge is -2.14. The van der Waals surface area contributed by atoms with E-state index in [9.17, 15) is 23.1 Å². The van der Waals surface area contributed by atoms with E-state index in [1.165, 1.54) is 0 Å². The minimum Gasteiger partial charge on any atom is -0.506 e. The lowest BCUT2D eigenvalue weighted by Crippen LogP contribution is -2.24. The highest BCUT2D eigenvalue weighted by Gasteiger charge is 2.31. The molecular weight excluding hydrogens is 273 g/mol. The van der Waals surface area contributed by atoms with Crippen LogP contribution in [0.5, 0.6) is 5.75 Å². The van der Waals surface area contributed by atoms with E-state index in [1.807, 2.05) is 0 Å². The molecule has 0 aliphatic heterocycles. The van der Waals surface area contributed by atoms with E-state index in [2.05, 4.69) is 5.32 Å². The van der Waals surface area contributed by atoms with Crippen LogP contribution in [-0.2, 0) is 11.0 Å². The summed E-state index contributed by atoms with van der Waals surface area (Å²) in [5, 5.41) is 11.8. The van der Waals surface area contributed by atoms with Crippen molar-refractivity contribution in [1.29, 1.82) is 0 Å². The molecule has 0 heterocycles. The smallest absolute Gasteiger partial charge is 0.416 e. The molecule has 1 aromatic carbocycles. The summed E-state index contributed by atoms with van der Waals surface area (Å²) < 4.78 is 37.7. The molecule has 0 aromatic heterocycles. The van der Waals surface area contributed by atoms with Crippen molar-refractivity contribution >= 4 is 11.6 Å². The molecule has 0 saturated heterocycles. The van der Waals surface area contributed by atoms with Gasteiger partial charge in [0.25, 0.3) is 0 Å². The number of hydrogen-bond donors (Lipinski definition) is 3. The van der Waals surface area contributed by atoms with E-state index in [0.717, 1.165) is 12.1 Å². The van der Waals surface area contributed by atoms with Crippen LogP contribution >= 0.6 is 0 Å². The predicted molar refractivity (Wildman–Crippen MR) is 67.0 cm³/mol. The van der Waals surface area contributed by atoms with Gasteiger partial charge in [0.15, 0.2) is 0 Å². The third-order valence-corrected chi connectivity index (χ3v) is 3.04. The van der Waals surface area contributed by atoms with Crippen LogP contribution in [0, 0.1) is 5.92 Å². The number of halogens is 3. The minimum atomic E-state index is -4.54. The summed E-state index contributed by atoms with van der Waals surface area (Å²) in [6.45, 7) is 0. The van der Waals surface area contributed by atoms with Crippen LogP contribution in [0.2, 0.25) is 0 Å². The van der Waals surface area contributed by atoms with E-state index in [4.69, 9.17) is 5.73 Å². The Morgan fingerprint density at radius 3 is 2.60 bits per heavy atom. The standard InChI is InChI=1S/C13H13F3N2O2/c14-13(15,16)8-2-4-11(19)10(6-8)18-12(20)7-1-3-9(17)5-7/h1-4,6-7,9,19H,5,17H2,(H,18,20). The molecule has 0 saturated carbocycles. The maximum atomic E-state index is 12.6. The van der Waals surface area contributed by atoms with E-state index >= 15 is 0 Å². The van der Waals surface area contributed by atoms with E-state index in [1.54, 1.807) is 12.2 Å². The second kappa shape index (κ2) is 5.16. The van der Waals surface area contributed by atoms with Crippen molar-refractivity contribution in [2.24, 2.45) is 11.7 Å². The maximum absolute atomic E-state index is 12.6. The summed E-state index contributed by atoms with van der Waals surface area (Å²) in [5.74, 6) is -1.42. The molecule has 1 aromatic rings. The van der Waals surface area contributed by atoms with E-state index in [0.29, 0.717) is 12.5 Å². The molecule has 0 spiro atoms. The van der Waals surface area contributed by atoms with Gasteiger partial charge < -0.3 is 16.2 Å². The fourth-order valence-corrected chi connectivity index (χ4v) is 1.96. The average Bonchev–Trinajstić information content (AvgIpc) is 2.77. The van der Waals surface area contributed by atoms with Gasteiger partial charge in [0, 0.05) is 6.04 Å². The Morgan fingerprint density at radius 2 is 2.05 bits per heavy atom. The number of benzene rings is 1. The summed E-state index contributed by atoms with van der Waals surface area (Å²) in [4.78, 5) is 11.9. The van der Waals surface area contributed by atoms with Crippen molar-refractivity contribution in [2.45, 2.75) is 18.6 Å². The number of phenols is 1. The quantitative estimate of drug-likeness (QED) is 0.576. The van der Waals surface area contributed by atoms with Gasteiger partial charge in [0.2, 0.25) is 5.91 Å². The number of alkyl halides is 3. The number of carbonyl (C=O) groups is 1. The van der Waals surface area contributed by atoms with Gasteiger partial charge in [-0.2, -0.15) is 13.2 Å². The summed E-state index contributed by atoms with van der Waals surface area (Å²) in [5.41, 5.74) is 4.40. The first-order valence-electron chi connectivity index (χ1n) is 5.92. The van der Waals surface area contributed by atoms with Crippen LogP contribution in [-0.4, -0.2) is 17.1 Å². The Morgan fingerprint density at radius 1 is 1.35 bits per heavy atom. The molecule has 0 fully saturated rings.